The van der Waals surface area contributed by atoms with Gasteiger partial charge >= 0.3 is 12.4 Å². The van der Waals surface area contributed by atoms with Gasteiger partial charge in [-0.25, -0.2) is 0 Å². The minimum absolute atomic E-state index is 0.173. The van der Waals surface area contributed by atoms with E-state index >= 15 is 26.3 Å². The van der Waals surface area contributed by atoms with Crippen molar-refractivity contribution in [1.82, 2.24) is 9.97 Å². The molecule has 0 aliphatic carbocycles. The number of rotatable bonds is 8. The molecule has 8 aromatic rings. The van der Waals surface area contributed by atoms with Gasteiger partial charge in [0.1, 0.15) is 11.6 Å². The van der Waals surface area contributed by atoms with Crippen LogP contribution in [0.15, 0.2) is 158 Å². The molecule has 12 heteroatoms. The molecule has 2 aromatic heterocycles. The van der Waals surface area contributed by atoms with E-state index in [1.54, 1.807) is 70.5 Å². The van der Waals surface area contributed by atoms with Gasteiger partial charge in [-0.15, -0.1) is 0 Å². The number of benzene rings is 6. The van der Waals surface area contributed by atoms with Crippen molar-refractivity contribution in [2.75, 3.05) is 21.3 Å². The third kappa shape index (κ3) is 5.95. The predicted octanol–water partition coefficient (Wildman–Crippen LogP) is 12.2. The molecule has 6 nitrogen and oxygen atoms in total. The van der Waals surface area contributed by atoms with Crippen LogP contribution in [0.3, 0.4) is 0 Å². The molecule has 6 N–H and O–H groups in total. The number of hydrogen-bond donors (Lipinski definition) is 4. The van der Waals surface area contributed by atoms with Gasteiger partial charge in [-0.05, 0) is 83.9 Å². The fourth-order valence-electron chi connectivity index (χ4n) is 7.29. The number of nitrogens with two attached hydrogens (primary N) is 2. The highest BCUT2D eigenvalue weighted by Crippen LogP contribution is 2.58. The Morgan fingerprint density at radius 3 is 1.13 bits per heavy atom. The van der Waals surface area contributed by atoms with Crippen LogP contribution in [-0.4, -0.2) is 22.3 Å². The number of nitrogens with one attached hydrogen (secondary N) is 2. The van der Waals surface area contributed by atoms with Crippen LogP contribution in [0.2, 0.25) is 0 Å². The van der Waals surface area contributed by atoms with Gasteiger partial charge in [0.2, 0.25) is 5.41 Å². The fraction of sp³-hybridized carbons (Fsp3) is 0.0698. The van der Waals surface area contributed by atoms with Crippen molar-refractivity contribution >= 4 is 67.6 Å². The van der Waals surface area contributed by atoms with Crippen molar-refractivity contribution in [3.63, 3.8) is 0 Å². The van der Waals surface area contributed by atoms with Gasteiger partial charge in [-0.1, -0.05) is 84.9 Å². The first kappa shape index (κ1) is 35.2. The highest BCUT2D eigenvalue weighted by atomic mass is 19.4. The molecule has 0 saturated heterocycles. The van der Waals surface area contributed by atoms with Gasteiger partial charge in [0, 0.05) is 33.2 Å². The number of fused-ring (bicyclic) bond motifs is 2. The molecule has 0 unspecified atom stereocenters. The summed E-state index contributed by atoms with van der Waals surface area (Å²) in [6.07, 6.45) is -11.8. The summed E-state index contributed by atoms with van der Waals surface area (Å²) in [5.74, 6) is 1.01. The molecule has 0 spiro atoms. The third-order valence-electron chi connectivity index (χ3n) is 9.80. The second-order valence-electron chi connectivity index (χ2n) is 13.1. The minimum Gasteiger partial charge on any atom is -0.397 e. The molecule has 0 atom stereocenters. The normalized spacial score (nSPS) is 12.3. The van der Waals surface area contributed by atoms with Crippen LogP contribution < -0.4 is 21.3 Å². The summed E-state index contributed by atoms with van der Waals surface area (Å²) in [5.41, 5.74) is 8.67. The molecule has 0 radical (unpaired) electrons. The standard InChI is InChI=1S/C43H32F6N6/c44-42(45,46)41(43(47,48)49,29-19-21-37(33(50)25-29)54(31-13-3-1-4-14-31)39-23-27-11-7-9-17-35(27)52-39)30-20-22-38(34(51)26-30)55(32-15-5-2-6-16-32)40-24-28-12-8-10-18-36(28)53-40/h1-26,52-53H,50-51H2. The zero-order valence-electron chi connectivity index (χ0n) is 28.8. The third-order valence-corrected chi connectivity index (χ3v) is 9.80. The van der Waals surface area contributed by atoms with E-state index in [0.29, 0.717) is 23.0 Å². The summed E-state index contributed by atoms with van der Waals surface area (Å²) in [6.45, 7) is 0. The van der Waals surface area contributed by atoms with E-state index in [4.69, 9.17) is 11.5 Å². The smallest absolute Gasteiger partial charge is 0.397 e. The Morgan fingerprint density at radius 1 is 0.418 bits per heavy atom. The molecule has 55 heavy (non-hydrogen) atoms. The summed E-state index contributed by atoms with van der Waals surface area (Å²) in [5, 5.41) is 1.69. The number of aromatic amines is 2. The summed E-state index contributed by atoms with van der Waals surface area (Å²) in [6, 6.07) is 41.7. The first-order valence-electron chi connectivity index (χ1n) is 17.2. The number of alkyl halides is 6. The molecular weight excluding hydrogens is 715 g/mol. The quantitative estimate of drug-likeness (QED) is 0.0920. The van der Waals surface area contributed by atoms with Gasteiger partial charge < -0.3 is 21.4 Å². The van der Waals surface area contributed by atoms with Crippen molar-refractivity contribution in [3.8, 4) is 0 Å². The van der Waals surface area contributed by atoms with Crippen LogP contribution in [0.4, 0.5) is 72.1 Å². The molecule has 0 aliphatic rings. The predicted molar refractivity (Wildman–Crippen MR) is 208 cm³/mol. The minimum atomic E-state index is -5.88. The van der Waals surface area contributed by atoms with Crippen molar-refractivity contribution in [2.45, 2.75) is 17.8 Å². The van der Waals surface area contributed by atoms with Crippen molar-refractivity contribution in [1.29, 1.82) is 0 Å². The molecule has 0 amide bonds. The summed E-state index contributed by atoms with van der Waals surface area (Å²) in [4.78, 5) is 9.86. The van der Waals surface area contributed by atoms with Crippen LogP contribution in [-0.2, 0) is 5.41 Å². The second kappa shape index (κ2) is 13.2. The number of aromatic nitrogens is 2. The molecule has 2 heterocycles. The number of hydrogen-bond acceptors (Lipinski definition) is 4. The molecule has 276 valence electrons. The van der Waals surface area contributed by atoms with Crippen molar-refractivity contribution < 1.29 is 26.3 Å². The highest BCUT2D eigenvalue weighted by molar-refractivity contribution is 5.92. The first-order chi connectivity index (χ1) is 26.4. The van der Waals surface area contributed by atoms with Gasteiger partial charge in [0.15, 0.2) is 0 Å². The molecule has 8 rings (SSSR count). The molecule has 0 bridgehead atoms. The number of nitrogens with zero attached hydrogens (tertiary/aromatic N) is 2. The molecular formula is C43H32F6N6. The SMILES string of the molecule is Nc1cc(C(c2ccc(N(c3ccccc3)c3cc4ccccc4[nH]3)c(N)c2)(C(F)(F)F)C(F)(F)F)ccc1N(c1ccccc1)c1cc2ccccc2[nH]1. The maximum Gasteiger partial charge on any atom is 0.411 e. The van der Waals surface area contributed by atoms with E-state index in [1.165, 1.54) is 12.1 Å². The van der Waals surface area contributed by atoms with E-state index in [9.17, 15) is 0 Å². The Kier molecular flexibility index (Phi) is 8.48. The van der Waals surface area contributed by atoms with E-state index in [-0.39, 0.29) is 22.7 Å². The zero-order valence-corrected chi connectivity index (χ0v) is 28.8. The lowest BCUT2D eigenvalue weighted by atomic mass is 9.72. The van der Waals surface area contributed by atoms with Crippen molar-refractivity contribution in [3.05, 3.63) is 169 Å². The monoisotopic (exact) mass is 746 g/mol. The summed E-state index contributed by atoms with van der Waals surface area (Å²) < 4.78 is 92.9. The Labute approximate surface area is 311 Å². The topological polar surface area (TPSA) is 90.1 Å². The van der Waals surface area contributed by atoms with Crippen molar-refractivity contribution in [2.24, 2.45) is 0 Å². The van der Waals surface area contributed by atoms with Crippen LogP contribution in [0, 0.1) is 0 Å². The Hall–Kier alpha value is -6.82. The second-order valence-corrected chi connectivity index (χ2v) is 13.1. The fourth-order valence-corrected chi connectivity index (χ4v) is 7.29. The van der Waals surface area contributed by atoms with Gasteiger partial charge in [0.05, 0.1) is 22.7 Å². The van der Waals surface area contributed by atoms with Crippen LogP contribution in [0.25, 0.3) is 21.8 Å². The maximum atomic E-state index is 15.5. The number of para-hydroxylation sites is 4. The highest BCUT2D eigenvalue weighted by Gasteiger charge is 2.72. The molecule has 0 aliphatic heterocycles. The van der Waals surface area contributed by atoms with Crippen LogP contribution in [0.1, 0.15) is 11.1 Å². The van der Waals surface area contributed by atoms with Crippen LogP contribution in [0.5, 0.6) is 0 Å². The summed E-state index contributed by atoms with van der Waals surface area (Å²) in [7, 11) is 0. The lowest BCUT2D eigenvalue weighted by molar-refractivity contribution is -0.288. The molecule has 0 saturated carbocycles. The van der Waals surface area contributed by atoms with E-state index in [2.05, 4.69) is 9.97 Å². The van der Waals surface area contributed by atoms with E-state index in [1.807, 2.05) is 60.7 Å². The van der Waals surface area contributed by atoms with Gasteiger partial charge in [0.25, 0.3) is 0 Å². The average Bonchev–Trinajstić information content (AvgIpc) is 3.78. The Morgan fingerprint density at radius 2 is 0.782 bits per heavy atom. The number of H-pyrrole nitrogens is 2. The number of halogens is 6. The first-order valence-corrected chi connectivity index (χ1v) is 17.2. The zero-order chi connectivity index (χ0) is 38.5. The van der Waals surface area contributed by atoms with Crippen LogP contribution >= 0.6 is 0 Å². The van der Waals surface area contributed by atoms with E-state index in [0.717, 1.165) is 46.1 Å². The molecule has 0 fully saturated rings. The number of nitrogen functional groups attached to an aromatic ring is 2. The van der Waals surface area contributed by atoms with Gasteiger partial charge in [-0.3, -0.25) is 9.80 Å². The molecule has 6 aromatic carbocycles. The van der Waals surface area contributed by atoms with Gasteiger partial charge in [-0.2, -0.15) is 26.3 Å². The largest absolute Gasteiger partial charge is 0.411 e. The Balaban J connectivity index is 1.28. The van der Waals surface area contributed by atoms with E-state index < -0.39 is 28.9 Å². The summed E-state index contributed by atoms with van der Waals surface area (Å²) >= 11 is 0. The lowest BCUT2D eigenvalue weighted by Crippen LogP contribution is -2.54. The Bertz CT molecular complexity index is 2380. The number of anilines is 8. The maximum absolute atomic E-state index is 15.5. The lowest BCUT2D eigenvalue weighted by Gasteiger charge is -2.39. The average molecular weight is 747 g/mol.